The maximum absolute atomic E-state index is 5.50. The average molecular weight is 244 g/mol. The minimum absolute atomic E-state index is 0.204. The van der Waals surface area contributed by atoms with Crippen LogP contribution in [0, 0.1) is 6.92 Å². The first-order valence-electron chi connectivity index (χ1n) is 6.48. The number of hydrogen-bond donors (Lipinski definition) is 1. The van der Waals surface area contributed by atoms with Crippen molar-refractivity contribution >= 4 is 0 Å². The summed E-state index contributed by atoms with van der Waals surface area (Å²) in [6, 6.07) is 8.33. The lowest BCUT2D eigenvalue weighted by Gasteiger charge is -2.15. The van der Waals surface area contributed by atoms with Gasteiger partial charge in [0.2, 0.25) is 0 Å². The van der Waals surface area contributed by atoms with Crippen LogP contribution in [-0.2, 0) is 6.42 Å². The fourth-order valence-corrected chi connectivity index (χ4v) is 1.91. The van der Waals surface area contributed by atoms with Crippen LogP contribution in [0.4, 0.5) is 0 Å². The summed E-state index contributed by atoms with van der Waals surface area (Å²) in [6.07, 6.45) is 5.60. The summed E-state index contributed by atoms with van der Waals surface area (Å²) in [4.78, 5) is 4.45. The SMILES string of the molecule is CCCNC(Cc1ccc(C)cn1)c1ccco1. The van der Waals surface area contributed by atoms with E-state index in [0.717, 1.165) is 30.8 Å². The lowest BCUT2D eigenvalue weighted by molar-refractivity contribution is 0.408. The Morgan fingerprint density at radius 3 is 2.83 bits per heavy atom. The lowest BCUT2D eigenvalue weighted by Crippen LogP contribution is -2.24. The molecule has 0 aliphatic carbocycles. The van der Waals surface area contributed by atoms with Gasteiger partial charge >= 0.3 is 0 Å². The minimum Gasteiger partial charge on any atom is -0.468 e. The topological polar surface area (TPSA) is 38.1 Å². The van der Waals surface area contributed by atoms with Crippen molar-refractivity contribution in [1.29, 1.82) is 0 Å². The number of aromatic nitrogens is 1. The molecule has 0 saturated heterocycles. The molecule has 0 amide bonds. The zero-order valence-electron chi connectivity index (χ0n) is 11.0. The highest BCUT2D eigenvalue weighted by atomic mass is 16.3. The number of nitrogens with zero attached hydrogens (tertiary/aromatic N) is 1. The number of rotatable bonds is 6. The third-order valence-corrected chi connectivity index (χ3v) is 2.91. The van der Waals surface area contributed by atoms with Gasteiger partial charge in [-0.2, -0.15) is 0 Å². The number of aryl methyl sites for hydroxylation is 1. The molecule has 1 N–H and O–H groups in total. The highest BCUT2D eigenvalue weighted by molar-refractivity contribution is 5.15. The van der Waals surface area contributed by atoms with Crippen LogP contribution in [0.1, 0.15) is 36.4 Å². The van der Waals surface area contributed by atoms with Gasteiger partial charge in [0.1, 0.15) is 5.76 Å². The van der Waals surface area contributed by atoms with Crippen LogP contribution in [0.2, 0.25) is 0 Å². The van der Waals surface area contributed by atoms with Gasteiger partial charge in [0.15, 0.2) is 0 Å². The molecule has 0 aliphatic heterocycles. The summed E-state index contributed by atoms with van der Waals surface area (Å²) in [6.45, 7) is 5.20. The Balaban J connectivity index is 2.07. The summed E-state index contributed by atoms with van der Waals surface area (Å²) in [7, 11) is 0. The van der Waals surface area contributed by atoms with Crippen molar-refractivity contribution in [2.24, 2.45) is 0 Å². The number of hydrogen-bond acceptors (Lipinski definition) is 3. The lowest BCUT2D eigenvalue weighted by atomic mass is 10.1. The van der Waals surface area contributed by atoms with Crippen LogP contribution in [-0.4, -0.2) is 11.5 Å². The smallest absolute Gasteiger partial charge is 0.121 e. The Morgan fingerprint density at radius 2 is 2.22 bits per heavy atom. The molecule has 18 heavy (non-hydrogen) atoms. The van der Waals surface area contributed by atoms with E-state index in [4.69, 9.17) is 4.42 Å². The van der Waals surface area contributed by atoms with E-state index in [1.165, 1.54) is 5.56 Å². The predicted octanol–water partition coefficient (Wildman–Crippen LogP) is 3.27. The minimum atomic E-state index is 0.204. The second-order valence-corrected chi connectivity index (χ2v) is 4.55. The Morgan fingerprint density at radius 1 is 1.33 bits per heavy atom. The van der Waals surface area contributed by atoms with Gasteiger partial charge in [-0.25, -0.2) is 0 Å². The first kappa shape index (κ1) is 12.8. The summed E-state index contributed by atoms with van der Waals surface area (Å²) in [5.74, 6) is 0.978. The standard InChI is InChI=1S/C15H20N2O/c1-3-8-16-14(15-5-4-9-18-15)10-13-7-6-12(2)11-17-13/h4-7,9,11,14,16H,3,8,10H2,1-2H3. The van der Waals surface area contributed by atoms with Crippen molar-refractivity contribution in [3.63, 3.8) is 0 Å². The number of nitrogens with one attached hydrogen (secondary N) is 1. The third-order valence-electron chi connectivity index (χ3n) is 2.91. The molecule has 0 aliphatic rings. The van der Waals surface area contributed by atoms with E-state index in [0.29, 0.717) is 0 Å². The monoisotopic (exact) mass is 244 g/mol. The highest BCUT2D eigenvalue weighted by Crippen LogP contribution is 2.18. The van der Waals surface area contributed by atoms with Crippen LogP contribution in [0.5, 0.6) is 0 Å². The van der Waals surface area contributed by atoms with Gasteiger partial charge in [-0.15, -0.1) is 0 Å². The second kappa shape index (κ2) is 6.36. The van der Waals surface area contributed by atoms with E-state index in [1.54, 1.807) is 6.26 Å². The van der Waals surface area contributed by atoms with Crippen molar-refractivity contribution in [3.05, 3.63) is 53.7 Å². The normalized spacial score (nSPS) is 12.6. The molecule has 2 heterocycles. The summed E-state index contributed by atoms with van der Waals surface area (Å²) >= 11 is 0. The van der Waals surface area contributed by atoms with Crippen LogP contribution in [0.3, 0.4) is 0 Å². The van der Waals surface area contributed by atoms with Gasteiger partial charge in [0, 0.05) is 18.3 Å². The first-order chi connectivity index (χ1) is 8.79. The van der Waals surface area contributed by atoms with Crippen LogP contribution >= 0.6 is 0 Å². The first-order valence-corrected chi connectivity index (χ1v) is 6.48. The second-order valence-electron chi connectivity index (χ2n) is 4.55. The van der Waals surface area contributed by atoms with E-state index < -0.39 is 0 Å². The molecule has 1 atom stereocenters. The van der Waals surface area contributed by atoms with Gasteiger partial charge in [-0.3, -0.25) is 4.98 Å². The predicted molar refractivity (Wildman–Crippen MR) is 72.4 cm³/mol. The summed E-state index contributed by atoms with van der Waals surface area (Å²) in [5.41, 5.74) is 2.28. The Kier molecular flexibility index (Phi) is 4.53. The fraction of sp³-hybridized carbons (Fsp3) is 0.400. The molecule has 0 radical (unpaired) electrons. The molecule has 0 aromatic carbocycles. The molecule has 96 valence electrons. The molecule has 3 heteroatoms. The summed E-state index contributed by atoms with van der Waals surface area (Å²) in [5, 5.41) is 3.50. The molecular weight excluding hydrogens is 224 g/mol. The van der Waals surface area contributed by atoms with Gasteiger partial charge in [-0.1, -0.05) is 13.0 Å². The fourth-order valence-electron chi connectivity index (χ4n) is 1.91. The van der Waals surface area contributed by atoms with Crippen LogP contribution < -0.4 is 5.32 Å². The van der Waals surface area contributed by atoms with Crippen molar-refractivity contribution in [3.8, 4) is 0 Å². The molecule has 1 unspecified atom stereocenters. The molecule has 0 spiro atoms. The van der Waals surface area contributed by atoms with Crippen LogP contribution in [0.15, 0.2) is 41.1 Å². The van der Waals surface area contributed by atoms with Gasteiger partial charge < -0.3 is 9.73 Å². The van der Waals surface area contributed by atoms with E-state index in [9.17, 15) is 0 Å². The average Bonchev–Trinajstić information content (AvgIpc) is 2.90. The van der Waals surface area contributed by atoms with Gasteiger partial charge in [0.05, 0.1) is 12.3 Å². The largest absolute Gasteiger partial charge is 0.468 e. The quantitative estimate of drug-likeness (QED) is 0.847. The number of pyridine rings is 1. The van der Waals surface area contributed by atoms with E-state index >= 15 is 0 Å². The van der Waals surface area contributed by atoms with Gasteiger partial charge in [0.25, 0.3) is 0 Å². The van der Waals surface area contributed by atoms with E-state index in [2.05, 4.69) is 36.3 Å². The summed E-state index contributed by atoms with van der Waals surface area (Å²) < 4.78 is 5.50. The van der Waals surface area contributed by atoms with Crippen molar-refractivity contribution in [2.75, 3.05) is 6.54 Å². The van der Waals surface area contributed by atoms with Crippen molar-refractivity contribution in [2.45, 2.75) is 32.7 Å². The molecule has 0 saturated carbocycles. The van der Waals surface area contributed by atoms with Gasteiger partial charge in [-0.05, 0) is 43.7 Å². The van der Waals surface area contributed by atoms with Crippen molar-refractivity contribution < 1.29 is 4.42 Å². The van der Waals surface area contributed by atoms with Crippen molar-refractivity contribution in [1.82, 2.24) is 10.3 Å². The molecule has 0 bridgehead atoms. The molecular formula is C15H20N2O. The highest BCUT2D eigenvalue weighted by Gasteiger charge is 2.14. The zero-order valence-corrected chi connectivity index (χ0v) is 11.0. The maximum Gasteiger partial charge on any atom is 0.121 e. The maximum atomic E-state index is 5.50. The molecule has 2 aromatic rings. The number of furan rings is 1. The van der Waals surface area contributed by atoms with E-state index in [-0.39, 0.29) is 6.04 Å². The van der Waals surface area contributed by atoms with Crippen LogP contribution in [0.25, 0.3) is 0 Å². The zero-order chi connectivity index (χ0) is 12.8. The Hall–Kier alpha value is -1.61. The molecule has 2 rings (SSSR count). The third kappa shape index (κ3) is 3.44. The molecule has 0 fully saturated rings. The Labute approximate surface area is 108 Å². The Bertz CT molecular complexity index is 448. The molecule has 3 nitrogen and oxygen atoms in total. The molecule has 2 aromatic heterocycles. The van der Waals surface area contributed by atoms with E-state index in [1.807, 2.05) is 18.3 Å².